The van der Waals surface area contributed by atoms with Gasteiger partial charge < -0.3 is 17.7 Å². The molecule has 0 aliphatic rings. The zero-order chi connectivity index (χ0) is 12.3. The van der Waals surface area contributed by atoms with Crippen LogP contribution in [-0.2, 0) is 0 Å². The van der Waals surface area contributed by atoms with Crippen molar-refractivity contribution in [3.63, 3.8) is 0 Å². The quantitative estimate of drug-likeness (QED) is 0.323. The second-order valence-corrected chi connectivity index (χ2v) is 2.89. The molecule has 0 saturated heterocycles. The van der Waals surface area contributed by atoms with E-state index in [4.69, 9.17) is 0 Å². The standard InChI is InChI=1S/C7H5BF4NO3.K/c9-6-3-5(16-4-8(10,11)12)1-2-7(6)13(14)15;/h1-3H,4H2;/q-1;+1. The van der Waals surface area contributed by atoms with Crippen molar-refractivity contribution in [3.05, 3.63) is 34.1 Å². The molecule has 1 rings (SSSR count). The zero-order valence-electron chi connectivity index (χ0n) is 8.70. The van der Waals surface area contributed by atoms with E-state index in [0.717, 1.165) is 12.1 Å². The summed E-state index contributed by atoms with van der Waals surface area (Å²) in [5, 5.41) is 10.2. The molecule has 0 saturated carbocycles. The molecule has 88 valence electrons. The number of halogens is 4. The number of ether oxygens (including phenoxy) is 1. The summed E-state index contributed by atoms with van der Waals surface area (Å²) < 4.78 is 52.5. The zero-order valence-corrected chi connectivity index (χ0v) is 11.8. The van der Waals surface area contributed by atoms with Crippen LogP contribution in [0.4, 0.5) is 23.0 Å². The van der Waals surface area contributed by atoms with E-state index in [9.17, 15) is 27.5 Å². The predicted octanol–water partition coefficient (Wildman–Crippen LogP) is -0.497. The van der Waals surface area contributed by atoms with Crippen LogP contribution >= 0.6 is 0 Å². The Labute approximate surface area is 136 Å². The summed E-state index contributed by atoms with van der Waals surface area (Å²) in [4.78, 5) is 9.22. The van der Waals surface area contributed by atoms with Crippen molar-refractivity contribution in [2.45, 2.75) is 0 Å². The van der Waals surface area contributed by atoms with Crippen LogP contribution in [0.15, 0.2) is 18.2 Å². The van der Waals surface area contributed by atoms with E-state index in [0.29, 0.717) is 6.07 Å². The molecule has 1 aromatic carbocycles. The van der Waals surface area contributed by atoms with Gasteiger partial charge in [0.2, 0.25) is 5.82 Å². The monoisotopic (exact) mass is 277 g/mol. The molecule has 4 nitrogen and oxygen atoms in total. The van der Waals surface area contributed by atoms with Gasteiger partial charge in [-0.3, -0.25) is 10.1 Å². The molecule has 0 bridgehead atoms. The van der Waals surface area contributed by atoms with Gasteiger partial charge in [0.25, 0.3) is 0 Å². The second-order valence-electron chi connectivity index (χ2n) is 2.89. The van der Waals surface area contributed by atoms with Crippen LogP contribution in [0.5, 0.6) is 5.75 Å². The van der Waals surface area contributed by atoms with E-state index < -0.39 is 35.7 Å². The number of nitrogens with zero attached hydrogens (tertiary/aromatic N) is 1. The summed E-state index contributed by atoms with van der Waals surface area (Å²) in [7, 11) is 0. The van der Waals surface area contributed by atoms with Gasteiger partial charge in [-0.05, 0) is 6.07 Å². The topological polar surface area (TPSA) is 52.4 Å². The SMILES string of the molecule is O=[N+]([O-])c1ccc(OC[B-](F)(F)F)cc1F.[K+]. The van der Waals surface area contributed by atoms with Gasteiger partial charge in [-0.25, -0.2) is 0 Å². The Balaban J connectivity index is 0.00000256. The van der Waals surface area contributed by atoms with Gasteiger partial charge in [0.1, 0.15) is 5.75 Å². The van der Waals surface area contributed by atoms with E-state index in [1.165, 1.54) is 0 Å². The molecule has 0 unspecified atom stereocenters. The average molecular weight is 277 g/mol. The normalized spacial score (nSPS) is 10.6. The Morgan fingerprint density at radius 2 is 1.94 bits per heavy atom. The Bertz CT molecular complexity index is 415. The van der Waals surface area contributed by atoms with Crippen LogP contribution in [0.3, 0.4) is 0 Å². The number of benzene rings is 1. The molecule has 0 radical (unpaired) electrons. The fourth-order valence-electron chi connectivity index (χ4n) is 0.916. The van der Waals surface area contributed by atoms with E-state index >= 15 is 0 Å². The summed E-state index contributed by atoms with van der Waals surface area (Å²) in [5.74, 6) is -1.64. The molecule has 0 spiro atoms. The number of rotatable bonds is 4. The van der Waals surface area contributed by atoms with Crippen LogP contribution in [0.1, 0.15) is 0 Å². The number of hydrogen-bond acceptors (Lipinski definition) is 3. The van der Waals surface area contributed by atoms with Crippen molar-refractivity contribution in [1.82, 2.24) is 0 Å². The first-order valence-electron chi connectivity index (χ1n) is 4.07. The van der Waals surface area contributed by atoms with Gasteiger partial charge in [0.05, 0.1) is 11.4 Å². The fourth-order valence-corrected chi connectivity index (χ4v) is 0.916. The summed E-state index contributed by atoms with van der Waals surface area (Å²) in [6.45, 7) is -6.66. The third-order valence-electron chi connectivity index (χ3n) is 1.55. The molecule has 0 heterocycles. The van der Waals surface area contributed by atoms with Gasteiger partial charge in [-0.15, -0.1) is 0 Å². The van der Waals surface area contributed by atoms with Gasteiger partial charge >= 0.3 is 64.0 Å². The molecule has 1 aromatic rings. The van der Waals surface area contributed by atoms with Crippen LogP contribution in [0, 0.1) is 15.9 Å². The van der Waals surface area contributed by atoms with Crippen LogP contribution < -0.4 is 56.1 Å². The average Bonchev–Trinajstić information content (AvgIpc) is 2.13. The summed E-state index contributed by atoms with van der Waals surface area (Å²) in [5.41, 5.74) is -0.815. The van der Waals surface area contributed by atoms with Crippen molar-refractivity contribution < 1.29 is 78.4 Å². The maximum absolute atomic E-state index is 12.9. The van der Waals surface area contributed by atoms with E-state index in [1.807, 2.05) is 0 Å². The molecule has 0 fully saturated rings. The summed E-state index contributed by atoms with van der Waals surface area (Å²) in [6.07, 6.45) is 0. The molecule has 17 heavy (non-hydrogen) atoms. The third-order valence-corrected chi connectivity index (χ3v) is 1.55. The summed E-state index contributed by atoms with van der Waals surface area (Å²) >= 11 is 0. The van der Waals surface area contributed by atoms with E-state index in [2.05, 4.69) is 4.74 Å². The smallest absolute Gasteiger partial charge is 0.522 e. The Kier molecular flexibility index (Phi) is 6.63. The van der Waals surface area contributed by atoms with Gasteiger partial charge in [-0.1, -0.05) is 0 Å². The minimum absolute atomic E-state index is 0. The minimum atomic E-state index is -5.14. The molecular formula is C7H5BF4KNO3. The van der Waals surface area contributed by atoms with E-state index in [-0.39, 0.29) is 51.4 Å². The molecular weight excluding hydrogens is 272 g/mol. The van der Waals surface area contributed by atoms with Gasteiger partial charge in [0, 0.05) is 12.1 Å². The third kappa shape index (κ3) is 5.82. The Morgan fingerprint density at radius 1 is 1.35 bits per heavy atom. The molecule has 0 aromatic heterocycles. The van der Waals surface area contributed by atoms with Gasteiger partial charge in [-0.2, -0.15) is 4.39 Å². The van der Waals surface area contributed by atoms with Crippen LogP contribution in [0.25, 0.3) is 0 Å². The Hall–Kier alpha value is -0.159. The van der Waals surface area contributed by atoms with E-state index in [1.54, 1.807) is 0 Å². The van der Waals surface area contributed by atoms with Crippen molar-refractivity contribution in [1.29, 1.82) is 0 Å². The van der Waals surface area contributed by atoms with Gasteiger partial charge in [0.15, 0.2) is 0 Å². The summed E-state index contributed by atoms with van der Waals surface area (Å²) in [6, 6.07) is 2.19. The largest absolute Gasteiger partial charge is 1.00 e. The molecule has 0 aliphatic carbocycles. The molecule has 0 aliphatic heterocycles. The molecule has 0 amide bonds. The van der Waals surface area contributed by atoms with Crippen molar-refractivity contribution in [2.24, 2.45) is 0 Å². The van der Waals surface area contributed by atoms with Crippen LogP contribution in [0.2, 0.25) is 0 Å². The first-order valence-corrected chi connectivity index (χ1v) is 4.07. The predicted molar refractivity (Wildman–Crippen MR) is 47.6 cm³/mol. The van der Waals surface area contributed by atoms with Crippen molar-refractivity contribution in [2.75, 3.05) is 6.51 Å². The number of nitro groups is 1. The Morgan fingerprint density at radius 3 is 2.35 bits per heavy atom. The van der Waals surface area contributed by atoms with Crippen LogP contribution in [-0.4, -0.2) is 18.4 Å². The first-order chi connectivity index (χ1) is 7.29. The molecule has 10 heteroatoms. The molecule has 0 N–H and O–H groups in total. The maximum Gasteiger partial charge on any atom is 1.00 e. The fraction of sp³-hybridized carbons (Fsp3) is 0.143. The number of nitro benzene ring substituents is 1. The molecule has 0 atom stereocenters. The maximum atomic E-state index is 12.9. The van der Waals surface area contributed by atoms with Crippen molar-refractivity contribution in [3.8, 4) is 5.75 Å². The second kappa shape index (κ2) is 6.69. The first kappa shape index (κ1) is 16.8. The number of hydrogen-bond donors (Lipinski definition) is 0. The minimum Gasteiger partial charge on any atom is -0.522 e. The van der Waals surface area contributed by atoms with Crippen molar-refractivity contribution >= 4 is 12.7 Å².